The lowest BCUT2D eigenvalue weighted by molar-refractivity contribution is -0.152. The van der Waals surface area contributed by atoms with Crippen LogP contribution in [0.3, 0.4) is 0 Å². The first-order valence-electron chi connectivity index (χ1n) is 5.22. The highest BCUT2D eigenvalue weighted by atomic mass is 35.5. The van der Waals surface area contributed by atoms with Crippen LogP contribution in [0.15, 0.2) is 22.8 Å². The lowest BCUT2D eigenvalue weighted by Gasteiger charge is -2.53. The van der Waals surface area contributed by atoms with Crippen molar-refractivity contribution < 1.29 is 9.90 Å². The summed E-state index contributed by atoms with van der Waals surface area (Å²) in [5.41, 5.74) is 1.13. The largest absolute Gasteiger partial charge is 0.381 e. The Morgan fingerprint density at radius 2 is 2.13 bits per heavy atom. The van der Waals surface area contributed by atoms with Gasteiger partial charge in [-0.25, -0.2) is 0 Å². The van der Waals surface area contributed by atoms with E-state index in [9.17, 15) is 9.90 Å². The molecule has 1 fully saturated rings. The van der Waals surface area contributed by atoms with E-state index >= 15 is 0 Å². The van der Waals surface area contributed by atoms with E-state index in [0.29, 0.717) is 5.57 Å². The highest BCUT2D eigenvalue weighted by Gasteiger charge is 2.58. The molecule has 3 heteroatoms. The molecule has 1 spiro atoms. The van der Waals surface area contributed by atoms with E-state index in [1.165, 1.54) is 5.54 Å². The number of carbonyl (C=O) groups is 1. The molecule has 0 heterocycles. The number of rotatable bonds is 0. The molecule has 0 aliphatic heterocycles. The van der Waals surface area contributed by atoms with E-state index in [2.05, 4.69) is 0 Å². The van der Waals surface area contributed by atoms with Crippen molar-refractivity contribution in [2.24, 2.45) is 5.41 Å². The third-order valence-electron chi connectivity index (χ3n) is 4.09. The molecule has 0 bridgehead atoms. The third-order valence-corrected chi connectivity index (χ3v) is 4.32. The number of carbonyl (C=O) groups excluding carboxylic acids is 1. The number of hydrogen-bond donors (Lipinski definition) is 1. The minimum atomic E-state index is -1.29. The number of halogens is 1. The number of Topliss-reactive ketones (excluding diaryl/α,β-unsaturated/α-hetero) is 1. The highest BCUT2D eigenvalue weighted by molar-refractivity contribution is 6.28. The molecule has 2 rings (SSSR count). The zero-order valence-electron chi connectivity index (χ0n) is 9.01. The highest BCUT2D eigenvalue weighted by Crippen LogP contribution is 2.57. The Balaban J connectivity index is 2.56. The Morgan fingerprint density at radius 3 is 2.53 bits per heavy atom. The zero-order valence-corrected chi connectivity index (χ0v) is 9.77. The zero-order chi connectivity index (χ0) is 11.3. The molecule has 0 amide bonds. The van der Waals surface area contributed by atoms with Crippen LogP contribution in [-0.2, 0) is 4.79 Å². The van der Waals surface area contributed by atoms with Crippen molar-refractivity contribution in [3.63, 3.8) is 0 Å². The summed E-state index contributed by atoms with van der Waals surface area (Å²) in [6, 6.07) is 0. The molecule has 1 atom stereocenters. The average molecular weight is 227 g/mol. The van der Waals surface area contributed by atoms with Crippen molar-refractivity contribution in [3.05, 3.63) is 22.8 Å². The molecule has 0 aromatic carbocycles. The van der Waals surface area contributed by atoms with Crippen molar-refractivity contribution in [1.82, 2.24) is 0 Å². The molecular formula is C12H15ClO2. The van der Waals surface area contributed by atoms with Gasteiger partial charge in [0.15, 0.2) is 5.78 Å². The smallest absolute Gasteiger partial charge is 0.195 e. The number of ketones is 1. The monoisotopic (exact) mass is 226 g/mol. The van der Waals surface area contributed by atoms with Gasteiger partial charge in [-0.15, -0.1) is 0 Å². The molecule has 2 aliphatic carbocycles. The Kier molecular flexibility index (Phi) is 2.32. The molecule has 1 saturated carbocycles. The van der Waals surface area contributed by atoms with E-state index in [4.69, 9.17) is 11.6 Å². The fourth-order valence-electron chi connectivity index (χ4n) is 2.81. The molecule has 1 unspecified atom stereocenters. The molecule has 2 aliphatic rings. The van der Waals surface area contributed by atoms with E-state index in [-0.39, 0.29) is 11.2 Å². The normalized spacial score (nSPS) is 36.7. The van der Waals surface area contributed by atoms with Crippen molar-refractivity contribution in [2.45, 2.75) is 38.7 Å². The summed E-state index contributed by atoms with van der Waals surface area (Å²) in [4.78, 5) is 12.0. The molecule has 2 nitrogen and oxygen atoms in total. The van der Waals surface area contributed by atoms with Crippen molar-refractivity contribution in [2.75, 3.05) is 0 Å². The number of aliphatic hydroxyl groups is 1. The number of allylic oxidation sites excluding steroid dienone is 1. The second-order valence-electron chi connectivity index (χ2n) is 4.73. The van der Waals surface area contributed by atoms with Crippen LogP contribution in [-0.4, -0.2) is 16.5 Å². The maximum atomic E-state index is 12.0. The number of hydrogen-bond acceptors (Lipinski definition) is 2. The van der Waals surface area contributed by atoms with Gasteiger partial charge in [0.25, 0.3) is 0 Å². The van der Waals surface area contributed by atoms with Gasteiger partial charge >= 0.3 is 0 Å². The van der Waals surface area contributed by atoms with Crippen LogP contribution in [0, 0.1) is 5.41 Å². The van der Waals surface area contributed by atoms with Gasteiger partial charge < -0.3 is 5.11 Å². The van der Waals surface area contributed by atoms with Crippen LogP contribution in [0.1, 0.15) is 33.1 Å². The molecule has 0 aromatic heterocycles. The quantitative estimate of drug-likeness (QED) is 0.645. The summed E-state index contributed by atoms with van der Waals surface area (Å²) in [6.45, 7) is 3.59. The van der Waals surface area contributed by atoms with E-state index in [1.54, 1.807) is 6.92 Å². The summed E-state index contributed by atoms with van der Waals surface area (Å²) < 4.78 is 0. The van der Waals surface area contributed by atoms with Crippen molar-refractivity contribution in [1.29, 1.82) is 0 Å². The second kappa shape index (κ2) is 3.19. The predicted molar refractivity (Wildman–Crippen MR) is 59.6 cm³/mol. The van der Waals surface area contributed by atoms with Gasteiger partial charge in [0.05, 0.1) is 0 Å². The third kappa shape index (κ3) is 1.18. The molecule has 0 saturated heterocycles. The Labute approximate surface area is 94.6 Å². The average Bonchev–Trinajstić information content (AvgIpc) is 2.08. The van der Waals surface area contributed by atoms with Crippen molar-refractivity contribution in [3.8, 4) is 0 Å². The Hall–Kier alpha value is -0.600. The van der Waals surface area contributed by atoms with Crippen molar-refractivity contribution >= 4 is 17.4 Å². The topological polar surface area (TPSA) is 37.3 Å². The molecule has 1 N–H and O–H groups in total. The molecular weight excluding hydrogens is 212 g/mol. The van der Waals surface area contributed by atoms with Gasteiger partial charge in [-0.05, 0) is 26.7 Å². The fourth-order valence-corrected chi connectivity index (χ4v) is 2.97. The maximum Gasteiger partial charge on any atom is 0.195 e. The van der Waals surface area contributed by atoms with Gasteiger partial charge in [-0.1, -0.05) is 29.7 Å². The summed E-state index contributed by atoms with van der Waals surface area (Å²) in [5, 5.41) is 10.4. The van der Waals surface area contributed by atoms with Gasteiger partial charge in [0.2, 0.25) is 0 Å². The molecule has 82 valence electrons. The second-order valence-corrected chi connectivity index (χ2v) is 4.95. The van der Waals surface area contributed by atoms with Crippen LogP contribution in [0.25, 0.3) is 0 Å². The van der Waals surface area contributed by atoms with Gasteiger partial charge in [-0.3, -0.25) is 4.79 Å². The Morgan fingerprint density at radius 1 is 1.53 bits per heavy atom. The van der Waals surface area contributed by atoms with E-state index in [0.717, 1.165) is 24.8 Å². The van der Waals surface area contributed by atoms with Gasteiger partial charge in [-0.2, -0.15) is 0 Å². The SMILES string of the molecule is CC1=CC(=CCl)C(=O)C(C)(O)C12CCC2. The molecule has 0 aromatic rings. The predicted octanol–water partition coefficient (Wildman–Crippen LogP) is 2.56. The van der Waals surface area contributed by atoms with E-state index in [1.807, 2.05) is 13.0 Å². The lowest BCUT2D eigenvalue weighted by Crippen LogP contribution is -2.58. The summed E-state index contributed by atoms with van der Waals surface area (Å²) in [5.74, 6) is -0.247. The van der Waals surface area contributed by atoms with Crippen LogP contribution in [0.2, 0.25) is 0 Å². The minimum absolute atomic E-state index is 0.247. The summed E-state index contributed by atoms with van der Waals surface area (Å²) in [6.07, 6.45) is 4.67. The maximum absolute atomic E-state index is 12.0. The standard InChI is InChI=1S/C12H15ClO2/c1-8-6-9(7-13)10(14)11(2,15)12(8)4-3-5-12/h6-7,15H,3-5H2,1-2H3. The Bertz CT molecular complexity index is 373. The minimum Gasteiger partial charge on any atom is -0.381 e. The summed E-state index contributed by atoms with van der Waals surface area (Å²) >= 11 is 5.58. The molecule has 0 radical (unpaired) electrons. The van der Waals surface area contributed by atoms with E-state index < -0.39 is 5.60 Å². The fraction of sp³-hybridized carbons (Fsp3) is 0.583. The first-order valence-corrected chi connectivity index (χ1v) is 5.66. The first kappa shape index (κ1) is 10.9. The summed E-state index contributed by atoms with van der Waals surface area (Å²) in [7, 11) is 0. The van der Waals surface area contributed by atoms with Crippen LogP contribution >= 0.6 is 11.6 Å². The van der Waals surface area contributed by atoms with Crippen LogP contribution in [0.4, 0.5) is 0 Å². The van der Waals surface area contributed by atoms with Gasteiger partial charge in [0.1, 0.15) is 5.60 Å². The van der Waals surface area contributed by atoms with Crippen LogP contribution < -0.4 is 0 Å². The lowest BCUT2D eigenvalue weighted by atomic mass is 9.52. The van der Waals surface area contributed by atoms with Gasteiger partial charge in [0, 0.05) is 16.5 Å². The first-order chi connectivity index (χ1) is 6.95. The molecule has 15 heavy (non-hydrogen) atoms. The van der Waals surface area contributed by atoms with Crippen LogP contribution in [0.5, 0.6) is 0 Å².